The van der Waals surface area contributed by atoms with Gasteiger partial charge in [0.2, 0.25) is 0 Å². The predicted octanol–water partition coefficient (Wildman–Crippen LogP) is 2.14. The van der Waals surface area contributed by atoms with Gasteiger partial charge in [-0.05, 0) is 43.4 Å². The van der Waals surface area contributed by atoms with Crippen molar-refractivity contribution in [2.45, 2.75) is 38.1 Å². The number of amides is 1. The summed E-state index contributed by atoms with van der Waals surface area (Å²) in [4.78, 5) is 13.8. The average Bonchev–Trinajstić information content (AvgIpc) is 2.83. The number of rotatable bonds is 2. The number of carbonyl (C=O) groups is 1. The van der Waals surface area contributed by atoms with Crippen molar-refractivity contribution in [2.24, 2.45) is 11.7 Å². The van der Waals surface area contributed by atoms with Gasteiger partial charge >= 0.3 is 0 Å². The van der Waals surface area contributed by atoms with Gasteiger partial charge in [-0.15, -0.1) is 0 Å². The predicted molar refractivity (Wildman–Crippen MR) is 77.1 cm³/mol. The van der Waals surface area contributed by atoms with Crippen LogP contribution in [0.15, 0.2) is 18.2 Å². The van der Waals surface area contributed by atoms with Crippen LogP contribution in [0.25, 0.3) is 0 Å². The van der Waals surface area contributed by atoms with Crippen LogP contribution in [0.5, 0.6) is 0 Å². The van der Waals surface area contributed by atoms with Gasteiger partial charge in [-0.1, -0.05) is 12.8 Å². The maximum Gasteiger partial charge on any atom is 0.250 e. The smallest absolute Gasteiger partial charge is 0.250 e. The molecule has 0 bridgehead atoms. The molecule has 2 fully saturated rings. The van der Waals surface area contributed by atoms with Crippen LogP contribution in [0.2, 0.25) is 0 Å². The number of benzene rings is 1. The molecule has 3 rings (SSSR count). The van der Waals surface area contributed by atoms with Crippen molar-refractivity contribution in [1.29, 1.82) is 0 Å². The first-order valence-corrected chi connectivity index (χ1v) is 7.13. The van der Waals surface area contributed by atoms with Crippen molar-refractivity contribution in [3.8, 4) is 0 Å². The topological polar surface area (TPSA) is 72.4 Å². The van der Waals surface area contributed by atoms with E-state index >= 15 is 0 Å². The summed E-state index contributed by atoms with van der Waals surface area (Å²) >= 11 is 0. The molecule has 4 N–H and O–H groups in total. The Labute approximate surface area is 113 Å². The van der Waals surface area contributed by atoms with Crippen LogP contribution in [0.3, 0.4) is 0 Å². The lowest BCUT2D eigenvalue weighted by Gasteiger charge is -2.33. The van der Waals surface area contributed by atoms with Crippen molar-refractivity contribution in [2.75, 3.05) is 17.2 Å². The molecule has 1 aliphatic heterocycles. The highest BCUT2D eigenvalue weighted by Gasteiger charge is 2.35. The van der Waals surface area contributed by atoms with Gasteiger partial charge < -0.3 is 16.4 Å². The monoisotopic (exact) mass is 259 g/mol. The molecule has 4 nitrogen and oxygen atoms in total. The third kappa shape index (κ3) is 2.15. The highest BCUT2D eigenvalue weighted by molar-refractivity contribution is 5.99. The van der Waals surface area contributed by atoms with Crippen molar-refractivity contribution in [1.82, 2.24) is 0 Å². The lowest BCUT2D eigenvalue weighted by atomic mass is 9.85. The largest absolute Gasteiger partial charge is 0.398 e. The summed E-state index contributed by atoms with van der Waals surface area (Å²) in [7, 11) is 0. The van der Waals surface area contributed by atoms with E-state index in [1.54, 1.807) is 6.07 Å². The summed E-state index contributed by atoms with van der Waals surface area (Å²) < 4.78 is 0. The zero-order valence-corrected chi connectivity index (χ0v) is 11.1. The van der Waals surface area contributed by atoms with E-state index in [0.29, 0.717) is 17.3 Å². The maximum atomic E-state index is 11.4. The van der Waals surface area contributed by atoms with E-state index in [-0.39, 0.29) is 0 Å². The van der Waals surface area contributed by atoms with E-state index in [9.17, 15) is 4.79 Å². The molecule has 2 unspecified atom stereocenters. The Kier molecular flexibility index (Phi) is 3.09. The summed E-state index contributed by atoms with van der Waals surface area (Å²) in [6, 6.07) is 6.30. The number of nitrogens with zero attached hydrogens (tertiary/aromatic N) is 1. The number of primary amides is 1. The summed E-state index contributed by atoms with van der Waals surface area (Å²) in [5.74, 6) is 0.377. The Morgan fingerprint density at radius 2 is 2.00 bits per heavy atom. The number of hydrogen-bond acceptors (Lipinski definition) is 3. The fraction of sp³-hybridized carbons (Fsp3) is 0.533. The molecule has 1 aliphatic carbocycles. The van der Waals surface area contributed by atoms with Crippen LogP contribution in [0, 0.1) is 5.92 Å². The third-order valence-corrected chi connectivity index (χ3v) is 4.64. The van der Waals surface area contributed by atoms with E-state index in [1.165, 1.54) is 32.1 Å². The normalized spacial score (nSPS) is 26.2. The Hall–Kier alpha value is -1.71. The fourth-order valence-electron chi connectivity index (χ4n) is 3.66. The molecule has 0 radical (unpaired) electrons. The molecule has 19 heavy (non-hydrogen) atoms. The van der Waals surface area contributed by atoms with E-state index in [1.807, 2.05) is 12.1 Å². The Bertz CT molecular complexity index is 500. The van der Waals surface area contributed by atoms with E-state index < -0.39 is 5.91 Å². The van der Waals surface area contributed by atoms with Gasteiger partial charge in [-0.2, -0.15) is 0 Å². The average molecular weight is 259 g/mol. The van der Waals surface area contributed by atoms with Crippen LogP contribution in [-0.4, -0.2) is 18.5 Å². The zero-order chi connectivity index (χ0) is 13.4. The second kappa shape index (κ2) is 4.76. The van der Waals surface area contributed by atoms with E-state index in [4.69, 9.17) is 11.5 Å². The first-order chi connectivity index (χ1) is 9.16. The molecule has 0 aromatic heterocycles. The standard InChI is InChI=1S/C15H21N3O/c16-13-6-5-11(9-12(13)15(17)19)18-8-7-10-3-1-2-4-14(10)18/h5-6,9-10,14H,1-4,7-8,16H2,(H2,17,19). The number of nitrogens with two attached hydrogens (primary N) is 2. The third-order valence-electron chi connectivity index (χ3n) is 4.64. The Morgan fingerprint density at radius 1 is 1.21 bits per heavy atom. The molecule has 1 saturated heterocycles. The van der Waals surface area contributed by atoms with Crippen molar-refractivity contribution in [3.05, 3.63) is 23.8 Å². The van der Waals surface area contributed by atoms with Gasteiger partial charge in [0.1, 0.15) is 0 Å². The van der Waals surface area contributed by atoms with Crippen LogP contribution in [-0.2, 0) is 0 Å². The minimum atomic E-state index is -0.446. The lowest BCUT2D eigenvalue weighted by molar-refractivity contribution is 0.100. The maximum absolute atomic E-state index is 11.4. The molecule has 102 valence electrons. The number of anilines is 2. The summed E-state index contributed by atoms with van der Waals surface area (Å²) in [5, 5.41) is 0. The molecule has 1 heterocycles. The quantitative estimate of drug-likeness (QED) is 0.799. The second-order valence-corrected chi connectivity index (χ2v) is 5.73. The molecular weight excluding hydrogens is 238 g/mol. The second-order valence-electron chi connectivity index (χ2n) is 5.73. The van der Waals surface area contributed by atoms with Gasteiger partial charge in [0.25, 0.3) is 5.91 Å². The number of fused-ring (bicyclic) bond motifs is 1. The molecule has 1 amide bonds. The molecule has 2 atom stereocenters. The molecular formula is C15H21N3O. The van der Waals surface area contributed by atoms with Gasteiger partial charge in [0, 0.05) is 24.0 Å². The molecule has 4 heteroatoms. The van der Waals surface area contributed by atoms with Crippen LogP contribution in [0.4, 0.5) is 11.4 Å². The lowest BCUT2D eigenvalue weighted by Crippen LogP contribution is -2.34. The first-order valence-electron chi connectivity index (χ1n) is 7.13. The SMILES string of the molecule is NC(=O)c1cc(N2CCC3CCCCC32)ccc1N. The molecule has 1 aromatic carbocycles. The van der Waals surface area contributed by atoms with Gasteiger partial charge in [0.05, 0.1) is 5.56 Å². The first kappa shape index (κ1) is 12.3. The van der Waals surface area contributed by atoms with Gasteiger partial charge in [-0.25, -0.2) is 0 Å². The summed E-state index contributed by atoms with van der Waals surface area (Å²) in [6.45, 7) is 1.08. The number of hydrogen-bond donors (Lipinski definition) is 2. The number of nitrogen functional groups attached to an aromatic ring is 1. The van der Waals surface area contributed by atoms with E-state index in [2.05, 4.69) is 4.90 Å². The Morgan fingerprint density at radius 3 is 2.79 bits per heavy atom. The summed E-state index contributed by atoms with van der Waals surface area (Å²) in [5.41, 5.74) is 13.2. The highest BCUT2D eigenvalue weighted by Crippen LogP contribution is 2.39. The summed E-state index contributed by atoms with van der Waals surface area (Å²) in [6.07, 6.45) is 6.55. The molecule has 0 spiro atoms. The van der Waals surface area contributed by atoms with Crippen molar-refractivity contribution < 1.29 is 4.79 Å². The van der Waals surface area contributed by atoms with Crippen molar-refractivity contribution in [3.63, 3.8) is 0 Å². The van der Waals surface area contributed by atoms with E-state index in [0.717, 1.165) is 18.2 Å². The highest BCUT2D eigenvalue weighted by atomic mass is 16.1. The fourth-order valence-corrected chi connectivity index (χ4v) is 3.66. The van der Waals surface area contributed by atoms with Crippen molar-refractivity contribution >= 4 is 17.3 Å². The Balaban J connectivity index is 1.90. The van der Waals surface area contributed by atoms with Gasteiger partial charge in [0.15, 0.2) is 0 Å². The molecule has 2 aliphatic rings. The van der Waals surface area contributed by atoms with Crippen LogP contribution >= 0.6 is 0 Å². The molecule has 1 saturated carbocycles. The zero-order valence-electron chi connectivity index (χ0n) is 11.1. The molecule has 1 aromatic rings. The van der Waals surface area contributed by atoms with Gasteiger partial charge in [-0.3, -0.25) is 4.79 Å². The van der Waals surface area contributed by atoms with Crippen LogP contribution < -0.4 is 16.4 Å². The van der Waals surface area contributed by atoms with Crippen LogP contribution in [0.1, 0.15) is 42.5 Å². The number of carbonyl (C=O) groups excluding carboxylic acids is 1. The minimum Gasteiger partial charge on any atom is -0.398 e. The minimum absolute atomic E-state index is 0.441.